The van der Waals surface area contributed by atoms with E-state index < -0.39 is 0 Å². The van der Waals surface area contributed by atoms with Gasteiger partial charge in [-0.3, -0.25) is 0 Å². The maximum absolute atomic E-state index is 2.48. The minimum Gasteiger partial charge on any atom is -0.0654 e. The highest BCUT2D eigenvalue weighted by Crippen LogP contribution is 2.40. The molecule has 17 heavy (non-hydrogen) atoms. The van der Waals surface area contributed by atoms with E-state index in [-0.39, 0.29) is 0 Å². The topological polar surface area (TPSA) is 0 Å². The van der Waals surface area contributed by atoms with Crippen molar-refractivity contribution in [1.29, 1.82) is 0 Å². The van der Waals surface area contributed by atoms with Gasteiger partial charge in [0.1, 0.15) is 0 Å². The van der Waals surface area contributed by atoms with E-state index >= 15 is 0 Å². The van der Waals surface area contributed by atoms with Crippen molar-refractivity contribution in [2.45, 2.75) is 85.5 Å². The van der Waals surface area contributed by atoms with Crippen molar-refractivity contribution >= 4 is 0 Å². The summed E-state index contributed by atoms with van der Waals surface area (Å²) in [6.07, 6.45) is 13.3. The summed E-state index contributed by atoms with van der Waals surface area (Å²) >= 11 is 0. The second-order valence-corrected chi connectivity index (χ2v) is 6.91. The van der Waals surface area contributed by atoms with Crippen LogP contribution in [0.4, 0.5) is 0 Å². The average Bonchev–Trinajstić information content (AvgIpc) is 2.20. The molecular weight excluding hydrogens is 204 g/mol. The summed E-state index contributed by atoms with van der Waals surface area (Å²) in [6, 6.07) is 0. The van der Waals surface area contributed by atoms with E-state index in [1.165, 1.54) is 57.8 Å². The van der Waals surface area contributed by atoms with Crippen molar-refractivity contribution in [2.24, 2.45) is 23.7 Å². The van der Waals surface area contributed by atoms with Crippen molar-refractivity contribution in [2.75, 3.05) is 0 Å². The van der Waals surface area contributed by atoms with Crippen molar-refractivity contribution in [3.05, 3.63) is 0 Å². The van der Waals surface area contributed by atoms with Gasteiger partial charge in [-0.2, -0.15) is 0 Å². The van der Waals surface area contributed by atoms with Crippen molar-refractivity contribution in [1.82, 2.24) is 0 Å². The third-order valence-electron chi connectivity index (χ3n) is 4.69. The van der Waals surface area contributed by atoms with E-state index in [1.807, 2.05) is 0 Å². The molecule has 0 N–H and O–H groups in total. The maximum atomic E-state index is 2.48. The molecule has 1 saturated carbocycles. The van der Waals surface area contributed by atoms with Crippen LogP contribution in [0.3, 0.4) is 0 Å². The molecule has 0 amide bonds. The predicted molar refractivity (Wildman–Crippen MR) is 78.2 cm³/mol. The summed E-state index contributed by atoms with van der Waals surface area (Å²) in [5.74, 6) is 4.01. The van der Waals surface area contributed by atoms with Gasteiger partial charge in [-0.1, -0.05) is 72.6 Å². The molecule has 0 radical (unpaired) electrons. The molecule has 0 aromatic carbocycles. The van der Waals surface area contributed by atoms with E-state index in [1.54, 1.807) is 0 Å². The number of unbranched alkanes of at least 4 members (excludes halogenated alkanes) is 1. The summed E-state index contributed by atoms with van der Waals surface area (Å²) in [5.41, 5.74) is 0. The molecule has 0 nitrogen and oxygen atoms in total. The van der Waals surface area contributed by atoms with Crippen LogP contribution in [0.1, 0.15) is 85.5 Å². The van der Waals surface area contributed by atoms with E-state index in [4.69, 9.17) is 0 Å². The lowest BCUT2D eigenvalue weighted by Gasteiger charge is -2.36. The zero-order valence-electron chi connectivity index (χ0n) is 12.7. The molecule has 0 bridgehead atoms. The number of hydrogen-bond acceptors (Lipinski definition) is 0. The normalized spacial score (nSPS) is 20.3. The van der Waals surface area contributed by atoms with Crippen LogP contribution >= 0.6 is 0 Å². The summed E-state index contributed by atoms with van der Waals surface area (Å²) in [4.78, 5) is 0. The molecule has 1 aliphatic carbocycles. The Morgan fingerprint density at radius 3 is 2.18 bits per heavy atom. The third-order valence-corrected chi connectivity index (χ3v) is 4.69. The Labute approximate surface area is 110 Å². The first-order valence-electron chi connectivity index (χ1n) is 8.13. The molecule has 0 heteroatoms. The molecule has 0 aromatic rings. The predicted octanol–water partition coefficient (Wildman–Crippen LogP) is 6.06. The van der Waals surface area contributed by atoms with Crippen LogP contribution in [0.15, 0.2) is 0 Å². The summed E-state index contributed by atoms with van der Waals surface area (Å²) in [5, 5.41) is 0. The number of rotatable bonds is 9. The fraction of sp³-hybridized carbons (Fsp3) is 1.00. The Morgan fingerprint density at radius 2 is 1.71 bits per heavy atom. The largest absolute Gasteiger partial charge is 0.0654 e. The fourth-order valence-electron chi connectivity index (χ4n) is 3.19. The minimum absolute atomic E-state index is 0.892. The highest BCUT2D eigenvalue weighted by atomic mass is 14.3. The lowest BCUT2D eigenvalue weighted by Crippen LogP contribution is -2.24. The van der Waals surface area contributed by atoms with Gasteiger partial charge < -0.3 is 0 Å². The van der Waals surface area contributed by atoms with Gasteiger partial charge in [0.2, 0.25) is 0 Å². The van der Waals surface area contributed by atoms with Crippen LogP contribution in [0.25, 0.3) is 0 Å². The molecule has 0 spiro atoms. The smallest absolute Gasteiger partial charge is 0.0383 e. The highest BCUT2D eigenvalue weighted by Gasteiger charge is 2.27. The molecule has 1 rings (SSSR count). The first kappa shape index (κ1) is 15.1. The van der Waals surface area contributed by atoms with Crippen LogP contribution in [-0.4, -0.2) is 0 Å². The molecule has 1 aliphatic rings. The van der Waals surface area contributed by atoms with Crippen molar-refractivity contribution < 1.29 is 0 Å². The Bertz CT molecular complexity index is 178. The van der Waals surface area contributed by atoms with E-state index in [0.717, 1.165) is 23.7 Å². The van der Waals surface area contributed by atoms with Gasteiger partial charge in [-0.05, 0) is 36.5 Å². The monoisotopic (exact) mass is 238 g/mol. The first-order valence-corrected chi connectivity index (χ1v) is 8.13. The van der Waals surface area contributed by atoms with Crippen LogP contribution < -0.4 is 0 Å². The average molecular weight is 238 g/mol. The molecule has 0 aliphatic heterocycles. The molecule has 0 aromatic heterocycles. The van der Waals surface area contributed by atoms with Crippen molar-refractivity contribution in [3.8, 4) is 0 Å². The lowest BCUT2D eigenvalue weighted by molar-refractivity contribution is 0.158. The summed E-state index contributed by atoms with van der Waals surface area (Å²) < 4.78 is 0. The Kier molecular flexibility index (Phi) is 7.23. The van der Waals surface area contributed by atoms with Gasteiger partial charge in [0.25, 0.3) is 0 Å². The summed E-state index contributed by atoms with van der Waals surface area (Å²) in [7, 11) is 0. The lowest BCUT2D eigenvalue weighted by atomic mass is 9.70. The standard InChI is InChI=1S/C17H34/c1-5-6-8-15(4)13-17(12-11-14(2)3)16-9-7-10-16/h14-17H,5-13H2,1-4H3. The van der Waals surface area contributed by atoms with Crippen molar-refractivity contribution in [3.63, 3.8) is 0 Å². The molecule has 0 heterocycles. The van der Waals surface area contributed by atoms with Gasteiger partial charge in [0, 0.05) is 0 Å². The molecular formula is C17H34. The molecule has 0 saturated heterocycles. The molecule has 2 atom stereocenters. The molecule has 1 fully saturated rings. The van der Waals surface area contributed by atoms with E-state index in [2.05, 4.69) is 27.7 Å². The van der Waals surface area contributed by atoms with Crippen LogP contribution in [0.2, 0.25) is 0 Å². The maximum Gasteiger partial charge on any atom is -0.0383 e. The second kappa shape index (κ2) is 8.16. The van der Waals surface area contributed by atoms with Crippen LogP contribution in [0, 0.1) is 23.7 Å². The zero-order valence-corrected chi connectivity index (χ0v) is 12.7. The van der Waals surface area contributed by atoms with E-state index in [0.29, 0.717) is 0 Å². The summed E-state index contributed by atoms with van der Waals surface area (Å²) in [6.45, 7) is 9.54. The quantitative estimate of drug-likeness (QED) is 0.458. The zero-order chi connectivity index (χ0) is 12.7. The molecule has 102 valence electrons. The fourth-order valence-corrected chi connectivity index (χ4v) is 3.19. The Hall–Kier alpha value is 0. The van der Waals surface area contributed by atoms with Gasteiger partial charge in [-0.15, -0.1) is 0 Å². The van der Waals surface area contributed by atoms with Crippen LogP contribution in [0.5, 0.6) is 0 Å². The first-order chi connectivity index (χ1) is 8.13. The minimum atomic E-state index is 0.892. The van der Waals surface area contributed by atoms with Gasteiger partial charge in [0.05, 0.1) is 0 Å². The van der Waals surface area contributed by atoms with E-state index in [9.17, 15) is 0 Å². The Morgan fingerprint density at radius 1 is 1.00 bits per heavy atom. The van der Waals surface area contributed by atoms with Gasteiger partial charge in [0.15, 0.2) is 0 Å². The van der Waals surface area contributed by atoms with Gasteiger partial charge >= 0.3 is 0 Å². The second-order valence-electron chi connectivity index (χ2n) is 6.91. The highest BCUT2D eigenvalue weighted by molar-refractivity contribution is 4.79. The third kappa shape index (κ3) is 5.93. The van der Waals surface area contributed by atoms with Gasteiger partial charge in [-0.25, -0.2) is 0 Å². The molecule has 2 unspecified atom stereocenters. The number of hydrogen-bond donors (Lipinski definition) is 0. The SMILES string of the molecule is CCCCC(C)CC(CCC(C)C)C1CCC1. The van der Waals surface area contributed by atoms with Crippen LogP contribution in [-0.2, 0) is 0 Å². The Balaban J connectivity index is 2.28.